The molecule has 2 N–H and O–H groups in total. The van der Waals surface area contributed by atoms with Crippen molar-refractivity contribution < 1.29 is 17.9 Å². The normalized spacial score (nSPS) is 17.0. The Morgan fingerprint density at radius 2 is 1.92 bits per heavy atom. The second-order valence-electron chi connectivity index (χ2n) is 5.55. The monoisotopic (exact) mass is 362 g/mol. The molecular formula is C15H30N4O4S. The van der Waals surface area contributed by atoms with Gasteiger partial charge in [-0.2, -0.15) is 0 Å². The Morgan fingerprint density at radius 3 is 2.46 bits per heavy atom. The number of aliphatic imine (C=N–C) groups is 1. The van der Waals surface area contributed by atoms with Crippen molar-refractivity contribution in [3.63, 3.8) is 0 Å². The van der Waals surface area contributed by atoms with Crippen LogP contribution in [0.1, 0.15) is 33.6 Å². The van der Waals surface area contributed by atoms with E-state index in [1.807, 2.05) is 13.8 Å². The van der Waals surface area contributed by atoms with Crippen molar-refractivity contribution in [3.8, 4) is 0 Å². The summed E-state index contributed by atoms with van der Waals surface area (Å²) in [5.74, 6) is 0.669. The number of piperidine rings is 1. The SMILES string of the molecule is CCNC(=NCCNS(=O)(=O)CC)N1CCC(C(=O)OCC)CC1. The molecule has 1 saturated heterocycles. The summed E-state index contributed by atoms with van der Waals surface area (Å²) in [5, 5.41) is 3.22. The maximum atomic E-state index is 11.8. The molecule has 1 heterocycles. The van der Waals surface area contributed by atoms with E-state index in [1.54, 1.807) is 6.92 Å². The molecule has 0 amide bonds. The molecule has 0 spiro atoms. The van der Waals surface area contributed by atoms with E-state index in [1.165, 1.54) is 0 Å². The number of esters is 1. The summed E-state index contributed by atoms with van der Waals surface area (Å²) in [6.45, 7) is 8.67. The van der Waals surface area contributed by atoms with Gasteiger partial charge in [0.1, 0.15) is 0 Å². The number of nitrogens with one attached hydrogen (secondary N) is 2. The number of guanidine groups is 1. The van der Waals surface area contributed by atoms with Crippen LogP contribution in [0.5, 0.6) is 0 Å². The Kier molecular flexibility index (Phi) is 9.05. The molecule has 1 aliphatic heterocycles. The molecule has 24 heavy (non-hydrogen) atoms. The Morgan fingerprint density at radius 1 is 1.25 bits per heavy atom. The largest absolute Gasteiger partial charge is 0.466 e. The zero-order valence-electron chi connectivity index (χ0n) is 14.9. The molecule has 8 nitrogen and oxygen atoms in total. The second-order valence-corrected chi connectivity index (χ2v) is 7.64. The van der Waals surface area contributed by atoms with Gasteiger partial charge in [-0.25, -0.2) is 13.1 Å². The van der Waals surface area contributed by atoms with Crippen LogP contribution in [0.2, 0.25) is 0 Å². The van der Waals surface area contributed by atoms with Crippen LogP contribution in [-0.4, -0.2) is 70.3 Å². The molecule has 0 atom stereocenters. The maximum absolute atomic E-state index is 11.8. The summed E-state index contributed by atoms with van der Waals surface area (Å²) in [7, 11) is -3.18. The van der Waals surface area contributed by atoms with Gasteiger partial charge in [0.15, 0.2) is 5.96 Å². The highest BCUT2D eigenvalue weighted by Crippen LogP contribution is 2.18. The lowest BCUT2D eigenvalue weighted by molar-refractivity contribution is -0.149. The Bertz CT molecular complexity index is 514. The van der Waals surface area contributed by atoms with E-state index in [2.05, 4.69) is 19.9 Å². The third-order valence-corrected chi connectivity index (χ3v) is 5.23. The summed E-state index contributed by atoms with van der Waals surface area (Å²) in [6.07, 6.45) is 1.48. The lowest BCUT2D eigenvalue weighted by Gasteiger charge is -2.33. The number of nitrogens with zero attached hydrogens (tertiary/aromatic N) is 2. The Balaban J connectivity index is 2.51. The third kappa shape index (κ3) is 7.04. The molecule has 0 bridgehead atoms. The topological polar surface area (TPSA) is 100 Å². The van der Waals surface area contributed by atoms with Gasteiger partial charge in [0, 0.05) is 26.2 Å². The first-order valence-electron chi connectivity index (χ1n) is 8.60. The molecule has 0 radical (unpaired) electrons. The van der Waals surface area contributed by atoms with Crippen LogP contribution < -0.4 is 10.0 Å². The third-order valence-electron chi connectivity index (χ3n) is 3.82. The molecule has 1 fully saturated rings. The number of hydrogen-bond acceptors (Lipinski definition) is 5. The van der Waals surface area contributed by atoms with Gasteiger partial charge < -0.3 is 15.0 Å². The van der Waals surface area contributed by atoms with E-state index in [9.17, 15) is 13.2 Å². The number of likely N-dealkylation sites (tertiary alicyclic amines) is 1. The van der Waals surface area contributed by atoms with Crippen molar-refractivity contribution in [3.05, 3.63) is 0 Å². The first-order valence-corrected chi connectivity index (χ1v) is 10.3. The van der Waals surface area contributed by atoms with E-state index >= 15 is 0 Å². The molecule has 0 aromatic heterocycles. The highest BCUT2D eigenvalue weighted by Gasteiger charge is 2.27. The quantitative estimate of drug-likeness (QED) is 0.276. The fourth-order valence-corrected chi connectivity index (χ4v) is 3.08. The molecule has 0 aliphatic carbocycles. The predicted molar refractivity (Wildman–Crippen MR) is 94.4 cm³/mol. The predicted octanol–water partition coefficient (Wildman–Crippen LogP) is 0.166. The Hall–Kier alpha value is -1.35. The van der Waals surface area contributed by atoms with Crippen LogP contribution in [0, 0.1) is 5.92 Å². The molecule has 0 aromatic rings. The summed E-state index contributed by atoms with van der Waals surface area (Å²) in [6, 6.07) is 0. The van der Waals surface area contributed by atoms with E-state index in [-0.39, 0.29) is 24.2 Å². The number of carbonyl (C=O) groups excluding carboxylic acids is 1. The zero-order chi connectivity index (χ0) is 18.0. The van der Waals surface area contributed by atoms with Crippen molar-refractivity contribution in [1.29, 1.82) is 0 Å². The fourth-order valence-electron chi connectivity index (χ4n) is 2.48. The smallest absolute Gasteiger partial charge is 0.309 e. The average Bonchev–Trinajstić information content (AvgIpc) is 2.58. The number of carbonyl (C=O) groups is 1. The van der Waals surface area contributed by atoms with Crippen molar-refractivity contribution in [2.24, 2.45) is 10.9 Å². The van der Waals surface area contributed by atoms with Crippen molar-refractivity contribution in [2.75, 3.05) is 45.1 Å². The second kappa shape index (κ2) is 10.5. The number of sulfonamides is 1. The van der Waals surface area contributed by atoms with Crippen LogP contribution >= 0.6 is 0 Å². The van der Waals surface area contributed by atoms with Crippen LogP contribution in [0.25, 0.3) is 0 Å². The minimum absolute atomic E-state index is 0.0413. The molecule has 0 aromatic carbocycles. The van der Waals surface area contributed by atoms with Crippen molar-refractivity contribution >= 4 is 22.0 Å². The standard InChI is InChI=1S/C15H30N4O4S/c1-4-16-15(17-9-10-18-24(21,22)6-3)19-11-7-13(8-12-19)14(20)23-5-2/h13,18H,4-12H2,1-3H3,(H,16,17). The van der Waals surface area contributed by atoms with Gasteiger partial charge in [-0.3, -0.25) is 9.79 Å². The van der Waals surface area contributed by atoms with E-state index in [4.69, 9.17) is 4.74 Å². The minimum atomic E-state index is -3.18. The molecule has 0 unspecified atom stereocenters. The van der Waals surface area contributed by atoms with Crippen LogP contribution in [0.15, 0.2) is 4.99 Å². The maximum Gasteiger partial charge on any atom is 0.309 e. The average molecular weight is 362 g/mol. The van der Waals surface area contributed by atoms with Crippen LogP contribution in [-0.2, 0) is 19.6 Å². The summed E-state index contributed by atoms with van der Waals surface area (Å²) in [4.78, 5) is 18.4. The van der Waals surface area contributed by atoms with Gasteiger partial charge in [-0.15, -0.1) is 0 Å². The lowest BCUT2D eigenvalue weighted by Crippen LogP contribution is -2.47. The lowest BCUT2D eigenvalue weighted by atomic mass is 9.97. The van der Waals surface area contributed by atoms with Gasteiger partial charge in [0.25, 0.3) is 0 Å². The highest BCUT2D eigenvalue weighted by molar-refractivity contribution is 7.89. The van der Waals surface area contributed by atoms with E-state index in [0.717, 1.165) is 38.4 Å². The molecule has 0 saturated carbocycles. The van der Waals surface area contributed by atoms with E-state index < -0.39 is 10.0 Å². The minimum Gasteiger partial charge on any atom is -0.466 e. The van der Waals surface area contributed by atoms with Crippen LogP contribution in [0.3, 0.4) is 0 Å². The van der Waals surface area contributed by atoms with Gasteiger partial charge in [0.2, 0.25) is 10.0 Å². The van der Waals surface area contributed by atoms with Gasteiger partial charge >= 0.3 is 5.97 Å². The number of ether oxygens (including phenoxy) is 1. The Labute approximate surface area is 145 Å². The summed E-state index contributed by atoms with van der Waals surface area (Å²) < 4.78 is 30.4. The molecule has 9 heteroatoms. The van der Waals surface area contributed by atoms with Gasteiger partial charge in [-0.05, 0) is 33.6 Å². The summed E-state index contributed by atoms with van der Waals surface area (Å²) >= 11 is 0. The molecule has 1 aliphatic rings. The van der Waals surface area contributed by atoms with Crippen LogP contribution in [0.4, 0.5) is 0 Å². The molecule has 1 rings (SSSR count). The van der Waals surface area contributed by atoms with Crippen molar-refractivity contribution in [1.82, 2.24) is 14.9 Å². The fraction of sp³-hybridized carbons (Fsp3) is 0.867. The first-order chi connectivity index (χ1) is 11.4. The first kappa shape index (κ1) is 20.7. The molecular weight excluding hydrogens is 332 g/mol. The summed E-state index contributed by atoms with van der Waals surface area (Å²) in [5.41, 5.74) is 0. The van der Waals surface area contributed by atoms with Crippen molar-refractivity contribution in [2.45, 2.75) is 33.6 Å². The van der Waals surface area contributed by atoms with Gasteiger partial charge in [-0.1, -0.05) is 0 Å². The number of rotatable bonds is 8. The number of hydrogen-bond donors (Lipinski definition) is 2. The molecule has 140 valence electrons. The van der Waals surface area contributed by atoms with E-state index in [0.29, 0.717) is 13.2 Å². The highest BCUT2D eigenvalue weighted by atomic mass is 32.2. The zero-order valence-corrected chi connectivity index (χ0v) is 15.7. The van der Waals surface area contributed by atoms with Gasteiger partial charge in [0.05, 0.1) is 24.8 Å².